The van der Waals surface area contributed by atoms with Gasteiger partial charge >= 0.3 is 18.6 Å². The van der Waals surface area contributed by atoms with Crippen LogP contribution in [-0.2, 0) is 5.54 Å². The van der Waals surface area contributed by atoms with E-state index in [1.807, 2.05) is 20.8 Å². The molecule has 0 spiro atoms. The second-order valence-electron chi connectivity index (χ2n) is 10.7. The van der Waals surface area contributed by atoms with Crippen LogP contribution >= 0.6 is 0 Å². The van der Waals surface area contributed by atoms with Gasteiger partial charge in [-0.2, -0.15) is 13.2 Å². The molecule has 2 aromatic carbocycles. The van der Waals surface area contributed by atoms with E-state index in [1.165, 1.54) is 53.6 Å². The molecule has 1 unspecified atom stereocenters. The standard InChI is InChI=1S/C28H28F6N4O3/c1-25(2,3)17-38-16-14-26(38,27(29,30)31)20-7-4-5-9-22(20)40-23-21(8-6-15-35-23)37-24(39)36-18-10-12-19(13-11-18)41-28(32,33)34/h4-13,15H,14,16-17H2,1-3H3,(H2,36,37,39). The Morgan fingerprint density at radius 3 is 2.22 bits per heavy atom. The zero-order chi connectivity index (χ0) is 30.1. The summed E-state index contributed by atoms with van der Waals surface area (Å²) in [4.78, 5) is 18.1. The molecule has 2 amide bonds. The van der Waals surface area contributed by atoms with Crippen LogP contribution in [-0.4, -0.2) is 41.5 Å². The molecule has 13 heteroatoms. The van der Waals surface area contributed by atoms with Crippen LogP contribution in [0.4, 0.5) is 42.5 Å². The van der Waals surface area contributed by atoms with Crippen LogP contribution in [0.25, 0.3) is 0 Å². The second-order valence-corrected chi connectivity index (χ2v) is 10.7. The number of pyridine rings is 1. The lowest BCUT2D eigenvalue weighted by Crippen LogP contribution is -2.66. The Hall–Kier alpha value is -4.00. The number of likely N-dealkylation sites (tertiary alicyclic amines) is 1. The van der Waals surface area contributed by atoms with E-state index in [0.717, 1.165) is 12.1 Å². The lowest BCUT2D eigenvalue weighted by molar-refractivity contribution is -0.277. The van der Waals surface area contributed by atoms with E-state index < -0.39 is 29.9 Å². The molecule has 7 nitrogen and oxygen atoms in total. The van der Waals surface area contributed by atoms with E-state index >= 15 is 0 Å². The van der Waals surface area contributed by atoms with Gasteiger partial charge in [0.15, 0.2) is 0 Å². The molecular formula is C28H28F6N4O3. The van der Waals surface area contributed by atoms with Gasteiger partial charge in [0.2, 0.25) is 5.88 Å². The highest BCUT2D eigenvalue weighted by Gasteiger charge is 2.65. The van der Waals surface area contributed by atoms with Crippen molar-refractivity contribution in [3.63, 3.8) is 0 Å². The van der Waals surface area contributed by atoms with Crippen LogP contribution in [0.5, 0.6) is 17.4 Å². The second kappa shape index (κ2) is 11.1. The van der Waals surface area contributed by atoms with Crippen molar-refractivity contribution in [3.8, 4) is 17.4 Å². The summed E-state index contributed by atoms with van der Waals surface area (Å²) in [5.41, 5.74) is -2.49. The summed E-state index contributed by atoms with van der Waals surface area (Å²) in [6.07, 6.45) is -8.24. The molecule has 1 aliphatic rings. The number of halogens is 6. The van der Waals surface area contributed by atoms with Gasteiger partial charge in [-0.1, -0.05) is 39.0 Å². The quantitative estimate of drug-likeness (QED) is 0.277. The van der Waals surface area contributed by atoms with Crippen molar-refractivity contribution < 1.29 is 40.6 Å². The first kappa shape index (κ1) is 30.0. The largest absolute Gasteiger partial charge is 0.573 e. The van der Waals surface area contributed by atoms with E-state index in [9.17, 15) is 31.1 Å². The number of carbonyl (C=O) groups excluding carboxylic acids is 1. The minimum atomic E-state index is -4.86. The zero-order valence-electron chi connectivity index (χ0n) is 22.4. The highest BCUT2D eigenvalue weighted by molar-refractivity contribution is 6.00. The van der Waals surface area contributed by atoms with Crippen LogP contribution in [0, 0.1) is 5.41 Å². The first-order valence-electron chi connectivity index (χ1n) is 12.6. The Morgan fingerprint density at radius 2 is 1.63 bits per heavy atom. The minimum Gasteiger partial charge on any atom is -0.437 e. The normalized spacial score (nSPS) is 17.9. The summed E-state index contributed by atoms with van der Waals surface area (Å²) >= 11 is 0. The summed E-state index contributed by atoms with van der Waals surface area (Å²) in [6, 6.07) is 12.5. The van der Waals surface area contributed by atoms with E-state index in [1.54, 1.807) is 6.07 Å². The fourth-order valence-corrected chi connectivity index (χ4v) is 4.65. The third-order valence-corrected chi connectivity index (χ3v) is 6.32. The van der Waals surface area contributed by atoms with Crippen LogP contribution in [0.15, 0.2) is 66.9 Å². The van der Waals surface area contributed by atoms with Gasteiger partial charge in [0.05, 0.1) is 0 Å². The van der Waals surface area contributed by atoms with Crippen molar-refractivity contribution in [2.75, 3.05) is 23.7 Å². The minimum absolute atomic E-state index is 0.0537. The van der Waals surface area contributed by atoms with Crippen molar-refractivity contribution in [3.05, 3.63) is 72.4 Å². The fourth-order valence-electron chi connectivity index (χ4n) is 4.65. The number of urea groups is 1. The molecule has 0 radical (unpaired) electrons. The Kier molecular flexibility index (Phi) is 8.12. The molecule has 4 rings (SSSR count). The summed E-state index contributed by atoms with van der Waals surface area (Å²) in [6.45, 7) is 6.09. The number of alkyl halides is 6. The molecule has 2 heterocycles. The summed E-state index contributed by atoms with van der Waals surface area (Å²) in [5, 5.41) is 4.95. The number of nitrogens with one attached hydrogen (secondary N) is 2. The van der Waals surface area contributed by atoms with Crippen molar-refractivity contribution in [1.82, 2.24) is 9.88 Å². The monoisotopic (exact) mass is 582 g/mol. The van der Waals surface area contributed by atoms with Gasteiger partial charge in [-0.3, -0.25) is 4.90 Å². The number of anilines is 2. The summed E-state index contributed by atoms with van der Waals surface area (Å²) < 4.78 is 90.9. The number of carbonyl (C=O) groups is 1. The highest BCUT2D eigenvalue weighted by Crippen LogP contribution is 2.55. The van der Waals surface area contributed by atoms with Gasteiger partial charge in [-0.05, 0) is 54.3 Å². The number of hydrogen-bond donors (Lipinski definition) is 2. The van der Waals surface area contributed by atoms with Crippen molar-refractivity contribution in [2.24, 2.45) is 5.41 Å². The average molecular weight is 583 g/mol. The summed E-state index contributed by atoms with van der Waals surface area (Å²) in [5.74, 6) is -0.678. The SMILES string of the molecule is CC(C)(C)CN1CCC1(c1ccccc1Oc1ncccc1NC(=O)Nc1ccc(OC(F)(F)F)cc1)C(F)(F)F. The molecule has 3 aromatic rings. The average Bonchev–Trinajstić information content (AvgIpc) is 2.83. The van der Waals surface area contributed by atoms with Gasteiger partial charge < -0.3 is 20.1 Å². The van der Waals surface area contributed by atoms with Crippen molar-refractivity contribution in [1.29, 1.82) is 0 Å². The van der Waals surface area contributed by atoms with Gasteiger partial charge in [-0.15, -0.1) is 13.2 Å². The molecule has 1 fully saturated rings. The molecule has 1 saturated heterocycles. The maximum Gasteiger partial charge on any atom is 0.573 e. The summed E-state index contributed by atoms with van der Waals surface area (Å²) in [7, 11) is 0. The van der Waals surface area contributed by atoms with Crippen LogP contribution in [0.1, 0.15) is 32.8 Å². The highest BCUT2D eigenvalue weighted by atomic mass is 19.4. The van der Waals surface area contributed by atoms with E-state index in [-0.39, 0.29) is 53.5 Å². The molecule has 0 aliphatic carbocycles. The van der Waals surface area contributed by atoms with Crippen molar-refractivity contribution in [2.45, 2.75) is 45.3 Å². The lowest BCUT2D eigenvalue weighted by atomic mass is 9.75. The topological polar surface area (TPSA) is 75.7 Å². The van der Waals surface area contributed by atoms with Crippen LogP contribution in [0.2, 0.25) is 0 Å². The lowest BCUT2D eigenvalue weighted by Gasteiger charge is -2.55. The maximum absolute atomic E-state index is 14.7. The fraction of sp³-hybridized carbons (Fsp3) is 0.357. The maximum atomic E-state index is 14.7. The van der Waals surface area contributed by atoms with Crippen LogP contribution in [0.3, 0.4) is 0 Å². The Bertz CT molecular complexity index is 1370. The predicted molar refractivity (Wildman–Crippen MR) is 140 cm³/mol. The van der Waals surface area contributed by atoms with Gasteiger partial charge in [0.1, 0.15) is 22.7 Å². The molecule has 1 atom stereocenters. The molecule has 0 saturated carbocycles. The molecule has 0 bridgehead atoms. The van der Waals surface area contributed by atoms with E-state index in [0.29, 0.717) is 0 Å². The Labute approximate surface area is 232 Å². The number of rotatable bonds is 7. The zero-order valence-corrected chi connectivity index (χ0v) is 22.4. The molecule has 220 valence electrons. The number of hydrogen-bond acceptors (Lipinski definition) is 5. The molecule has 1 aliphatic heterocycles. The smallest absolute Gasteiger partial charge is 0.437 e. The van der Waals surface area contributed by atoms with Gasteiger partial charge in [-0.25, -0.2) is 9.78 Å². The third kappa shape index (κ3) is 7.02. The first-order valence-corrected chi connectivity index (χ1v) is 12.6. The number of nitrogens with zero attached hydrogens (tertiary/aromatic N) is 2. The molecule has 1 aromatic heterocycles. The van der Waals surface area contributed by atoms with Gasteiger partial charge in [0, 0.05) is 30.5 Å². The Balaban J connectivity index is 1.55. The molecule has 2 N–H and O–H groups in total. The number of amides is 2. The predicted octanol–water partition coefficient (Wildman–Crippen LogP) is 7.93. The van der Waals surface area contributed by atoms with Crippen molar-refractivity contribution >= 4 is 17.4 Å². The van der Waals surface area contributed by atoms with E-state index in [2.05, 4.69) is 20.4 Å². The number of para-hydroxylation sites is 1. The third-order valence-electron chi connectivity index (χ3n) is 6.32. The number of aromatic nitrogens is 1. The Morgan fingerprint density at radius 1 is 0.951 bits per heavy atom. The van der Waals surface area contributed by atoms with E-state index in [4.69, 9.17) is 4.74 Å². The number of ether oxygens (including phenoxy) is 2. The van der Waals surface area contributed by atoms with Crippen LogP contribution < -0.4 is 20.1 Å². The molecule has 41 heavy (non-hydrogen) atoms. The van der Waals surface area contributed by atoms with Gasteiger partial charge in [0.25, 0.3) is 0 Å². The molecular weight excluding hydrogens is 554 g/mol. The first-order chi connectivity index (χ1) is 19.1. The number of benzene rings is 2.